The summed E-state index contributed by atoms with van der Waals surface area (Å²) in [7, 11) is -3.52. The van der Waals surface area contributed by atoms with Gasteiger partial charge in [0.15, 0.2) is 0 Å². The maximum atomic E-state index is 12.4. The van der Waals surface area contributed by atoms with Crippen LogP contribution in [0.2, 0.25) is 5.02 Å². The van der Waals surface area contributed by atoms with Crippen molar-refractivity contribution >= 4 is 27.3 Å². The van der Waals surface area contributed by atoms with Crippen molar-refractivity contribution in [2.24, 2.45) is 0 Å². The summed E-state index contributed by atoms with van der Waals surface area (Å²) in [4.78, 5) is 0.192. The maximum absolute atomic E-state index is 12.4. The molecule has 0 amide bonds. The normalized spacial score (nSPS) is 12.4. The van der Waals surface area contributed by atoms with Crippen LogP contribution in [0.4, 0.5) is 5.69 Å². The van der Waals surface area contributed by atoms with E-state index in [1.807, 2.05) is 20.8 Å². The Bertz CT molecular complexity index is 518. The Morgan fingerprint density at radius 1 is 1.39 bits per heavy atom. The fraction of sp³-hybridized carbons (Fsp3) is 0.500. The number of hydrogen-bond donors (Lipinski definition) is 1. The van der Waals surface area contributed by atoms with Crippen LogP contribution in [0.15, 0.2) is 17.0 Å². The molecule has 0 aliphatic rings. The summed E-state index contributed by atoms with van der Waals surface area (Å²) in [5.41, 5.74) is 6.67. The molecule has 0 atom stereocenters. The highest BCUT2D eigenvalue weighted by Gasteiger charge is 2.26. The molecule has 1 rings (SSSR count). The fourth-order valence-corrected chi connectivity index (χ4v) is 3.74. The number of nitrogens with two attached hydrogens (primary N) is 1. The molecule has 0 aliphatic carbocycles. The van der Waals surface area contributed by atoms with Gasteiger partial charge in [0.25, 0.3) is 0 Å². The molecule has 18 heavy (non-hydrogen) atoms. The zero-order valence-electron chi connectivity index (χ0n) is 11.1. The van der Waals surface area contributed by atoms with Crippen LogP contribution >= 0.6 is 11.6 Å². The minimum atomic E-state index is -3.52. The number of rotatable bonds is 4. The van der Waals surface area contributed by atoms with Crippen molar-refractivity contribution in [1.29, 1.82) is 0 Å². The molecule has 1 aromatic rings. The zero-order chi connectivity index (χ0) is 14.1. The van der Waals surface area contributed by atoms with Crippen molar-refractivity contribution in [2.75, 3.05) is 12.3 Å². The summed E-state index contributed by atoms with van der Waals surface area (Å²) in [6.07, 6.45) is 0. The monoisotopic (exact) mass is 290 g/mol. The quantitative estimate of drug-likeness (QED) is 0.867. The van der Waals surface area contributed by atoms with Crippen molar-refractivity contribution in [3.63, 3.8) is 0 Å². The fourth-order valence-electron chi connectivity index (χ4n) is 1.86. The Kier molecular flexibility index (Phi) is 4.64. The topological polar surface area (TPSA) is 63.4 Å². The van der Waals surface area contributed by atoms with Gasteiger partial charge in [-0.2, -0.15) is 4.31 Å². The molecule has 102 valence electrons. The lowest BCUT2D eigenvalue weighted by Gasteiger charge is -2.24. The van der Waals surface area contributed by atoms with E-state index < -0.39 is 10.0 Å². The van der Waals surface area contributed by atoms with Gasteiger partial charge in [-0.25, -0.2) is 8.42 Å². The van der Waals surface area contributed by atoms with Gasteiger partial charge in [0, 0.05) is 12.6 Å². The highest BCUT2D eigenvalue weighted by atomic mass is 35.5. The standard InChI is InChI=1S/C12H19ClN2O2S/c1-5-15(8(2)3)18(16,17)10-6-9(4)12(13)11(14)7-10/h6-8H,5,14H2,1-4H3. The van der Waals surface area contributed by atoms with Crippen LogP contribution in [0.25, 0.3) is 0 Å². The van der Waals surface area contributed by atoms with Gasteiger partial charge in [0.2, 0.25) is 10.0 Å². The first-order valence-corrected chi connectivity index (χ1v) is 7.61. The van der Waals surface area contributed by atoms with E-state index in [1.165, 1.54) is 10.4 Å². The van der Waals surface area contributed by atoms with Crippen molar-refractivity contribution in [3.8, 4) is 0 Å². The molecule has 4 nitrogen and oxygen atoms in total. The molecule has 6 heteroatoms. The van der Waals surface area contributed by atoms with E-state index in [1.54, 1.807) is 13.0 Å². The summed E-state index contributed by atoms with van der Waals surface area (Å²) in [5.74, 6) is 0. The molecule has 0 unspecified atom stereocenters. The third-order valence-electron chi connectivity index (χ3n) is 2.75. The van der Waals surface area contributed by atoms with Gasteiger partial charge in [-0.1, -0.05) is 18.5 Å². The summed E-state index contributed by atoms with van der Waals surface area (Å²) in [5, 5.41) is 0.404. The molecule has 0 fully saturated rings. The molecule has 0 spiro atoms. The number of nitrogen functional groups attached to an aromatic ring is 1. The smallest absolute Gasteiger partial charge is 0.243 e. The van der Waals surface area contributed by atoms with E-state index in [9.17, 15) is 8.42 Å². The van der Waals surface area contributed by atoms with Crippen molar-refractivity contribution < 1.29 is 8.42 Å². The predicted molar refractivity (Wildman–Crippen MR) is 75.3 cm³/mol. The Balaban J connectivity index is 3.37. The van der Waals surface area contributed by atoms with E-state index in [0.29, 0.717) is 17.1 Å². The lowest BCUT2D eigenvalue weighted by molar-refractivity contribution is 0.369. The minimum absolute atomic E-state index is 0.0998. The molecule has 0 saturated carbocycles. The molecule has 0 heterocycles. The van der Waals surface area contributed by atoms with E-state index in [2.05, 4.69) is 0 Å². The zero-order valence-corrected chi connectivity index (χ0v) is 12.6. The van der Waals surface area contributed by atoms with Crippen LogP contribution in [0, 0.1) is 6.92 Å². The highest BCUT2D eigenvalue weighted by Crippen LogP contribution is 2.28. The van der Waals surface area contributed by atoms with Crippen LogP contribution in [0.5, 0.6) is 0 Å². The number of hydrogen-bond acceptors (Lipinski definition) is 3. The first-order chi connectivity index (χ1) is 8.21. The second-order valence-corrected chi connectivity index (χ2v) is 6.71. The van der Waals surface area contributed by atoms with Crippen LogP contribution in [-0.2, 0) is 10.0 Å². The molecule has 1 aromatic carbocycles. The molecule has 0 aliphatic heterocycles. The molecule has 2 N–H and O–H groups in total. The third-order valence-corrected chi connectivity index (χ3v) is 5.40. The number of benzene rings is 1. The summed E-state index contributed by atoms with van der Waals surface area (Å²) < 4.78 is 26.3. The molecule has 0 bridgehead atoms. The summed E-state index contributed by atoms with van der Waals surface area (Å²) >= 11 is 5.94. The first-order valence-electron chi connectivity index (χ1n) is 5.79. The average Bonchev–Trinajstić information content (AvgIpc) is 2.25. The van der Waals surface area contributed by atoms with E-state index in [0.717, 1.165) is 0 Å². The number of nitrogens with zero attached hydrogens (tertiary/aromatic N) is 1. The Hall–Kier alpha value is -0.780. The molecular formula is C12H19ClN2O2S. The van der Waals surface area contributed by atoms with Gasteiger partial charge in [-0.05, 0) is 38.5 Å². The van der Waals surface area contributed by atoms with Gasteiger partial charge < -0.3 is 5.73 Å². The molecule has 0 radical (unpaired) electrons. The number of anilines is 1. The number of halogens is 1. The van der Waals surface area contributed by atoms with Gasteiger partial charge in [0.1, 0.15) is 0 Å². The number of sulfonamides is 1. The Labute approximate surface area is 114 Å². The lowest BCUT2D eigenvalue weighted by atomic mass is 10.2. The second-order valence-electron chi connectivity index (χ2n) is 4.45. The van der Waals surface area contributed by atoms with E-state index in [-0.39, 0.29) is 16.6 Å². The average molecular weight is 291 g/mol. The second kappa shape index (κ2) is 5.47. The highest BCUT2D eigenvalue weighted by molar-refractivity contribution is 7.89. The molecule has 0 saturated heterocycles. The SMILES string of the molecule is CCN(C(C)C)S(=O)(=O)c1cc(C)c(Cl)c(N)c1. The van der Waals surface area contributed by atoms with Gasteiger partial charge in [0.05, 0.1) is 15.6 Å². The summed E-state index contributed by atoms with van der Waals surface area (Å²) in [6.45, 7) is 7.65. The molecule has 0 aromatic heterocycles. The van der Waals surface area contributed by atoms with E-state index >= 15 is 0 Å². The Morgan fingerprint density at radius 2 is 1.94 bits per heavy atom. The largest absolute Gasteiger partial charge is 0.397 e. The first kappa shape index (κ1) is 15.3. The Morgan fingerprint density at radius 3 is 2.33 bits per heavy atom. The maximum Gasteiger partial charge on any atom is 0.243 e. The van der Waals surface area contributed by atoms with Gasteiger partial charge in [-0.15, -0.1) is 0 Å². The van der Waals surface area contributed by atoms with Crippen LogP contribution in [-0.4, -0.2) is 25.3 Å². The number of aryl methyl sites for hydroxylation is 1. The van der Waals surface area contributed by atoms with Crippen molar-refractivity contribution in [1.82, 2.24) is 4.31 Å². The van der Waals surface area contributed by atoms with Crippen LogP contribution < -0.4 is 5.73 Å². The summed E-state index contributed by atoms with van der Waals surface area (Å²) in [6, 6.07) is 2.87. The van der Waals surface area contributed by atoms with Crippen LogP contribution in [0.3, 0.4) is 0 Å². The van der Waals surface area contributed by atoms with Gasteiger partial charge >= 0.3 is 0 Å². The molecular weight excluding hydrogens is 272 g/mol. The predicted octanol–water partition coefficient (Wildman–Crippen LogP) is 2.65. The lowest BCUT2D eigenvalue weighted by Crippen LogP contribution is -2.36. The van der Waals surface area contributed by atoms with Crippen molar-refractivity contribution in [3.05, 3.63) is 22.7 Å². The van der Waals surface area contributed by atoms with E-state index in [4.69, 9.17) is 17.3 Å². The van der Waals surface area contributed by atoms with Crippen LogP contribution in [0.1, 0.15) is 26.3 Å². The van der Waals surface area contributed by atoms with Gasteiger partial charge in [-0.3, -0.25) is 0 Å². The minimum Gasteiger partial charge on any atom is -0.397 e. The van der Waals surface area contributed by atoms with Crippen molar-refractivity contribution in [2.45, 2.75) is 38.6 Å². The third kappa shape index (κ3) is 2.79.